The van der Waals surface area contributed by atoms with Gasteiger partial charge in [-0.3, -0.25) is 0 Å². The molecule has 0 fully saturated rings. The van der Waals surface area contributed by atoms with Crippen LogP contribution in [-0.4, -0.2) is 17.7 Å². The number of aliphatic hydroxyl groups excluding tert-OH is 1. The summed E-state index contributed by atoms with van der Waals surface area (Å²) in [5, 5.41) is 17.2. The van der Waals surface area contributed by atoms with Gasteiger partial charge in [-0.25, -0.2) is 4.79 Å². The summed E-state index contributed by atoms with van der Waals surface area (Å²) in [5.74, 6) is 0. The Morgan fingerprint density at radius 1 is 1.30 bits per heavy atom. The quantitative estimate of drug-likeness (QED) is 0.809. The highest BCUT2D eigenvalue weighted by atomic mass is 32.1. The number of urea groups is 1. The van der Waals surface area contributed by atoms with Gasteiger partial charge in [-0.2, -0.15) is 0 Å². The lowest BCUT2D eigenvalue weighted by atomic mass is 10.1. The van der Waals surface area contributed by atoms with Crippen LogP contribution in [0.3, 0.4) is 0 Å². The predicted molar refractivity (Wildman–Crippen MR) is 82.2 cm³/mol. The zero-order valence-corrected chi connectivity index (χ0v) is 12.3. The largest absolute Gasteiger partial charge is 0.386 e. The van der Waals surface area contributed by atoms with Gasteiger partial charge in [0.2, 0.25) is 0 Å². The normalized spacial score (nSPS) is 11.9. The Bertz CT molecular complexity index is 582. The van der Waals surface area contributed by atoms with Crippen LogP contribution < -0.4 is 10.6 Å². The Kier molecular flexibility index (Phi) is 4.76. The first-order valence-corrected chi connectivity index (χ1v) is 7.28. The van der Waals surface area contributed by atoms with Gasteiger partial charge in [0.15, 0.2) is 0 Å². The summed E-state index contributed by atoms with van der Waals surface area (Å²) >= 11 is 1.47. The Morgan fingerprint density at radius 3 is 2.75 bits per heavy atom. The van der Waals surface area contributed by atoms with Gasteiger partial charge in [0, 0.05) is 10.6 Å². The number of carbonyl (C=O) groups excluding carboxylic acids is 1. The third kappa shape index (κ3) is 3.82. The molecule has 2 amide bonds. The fraction of sp³-hybridized carbons (Fsp3) is 0.267. The van der Waals surface area contributed by atoms with E-state index in [1.807, 2.05) is 49.6 Å². The fourth-order valence-corrected chi connectivity index (χ4v) is 2.48. The van der Waals surface area contributed by atoms with E-state index in [9.17, 15) is 9.90 Å². The number of aliphatic hydroxyl groups is 1. The Morgan fingerprint density at radius 2 is 2.10 bits per heavy atom. The van der Waals surface area contributed by atoms with E-state index in [0.717, 1.165) is 16.1 Å². The molecule has 2 rings (SSSR count). The number of nitrogens with one attached hydrogen (secondary N) is 2. The van der Waals surface area contributed by atoms with Gasteiger partial charge in [0.1, 0.15) is 6.10 Å². The second kappa shape index (κ2) is 6.54. The van der Waals surface area contributed by atoms with Crippen LogP contribution in [0.1, 0.15) is 22.1 Å². The molecule has 0 radical (unpaired) electrons. The zero-order chi connectivity index (χ0) is 14.5. The highest BCUT2D eigenvalue weighted by Gasteiger charge is 2.10. The fourth-order valence-electron chi connectivity index (χ4n) is 1.77. The van der Waals surface area contributed by atoms with Crippen LogP contribution in [0.25, 0.3) is 0 Å². The van der Waals surface area contributed by atoms with Crippen LogP contribution >= 0.6 is 11.3 Å². The molecule has 1 aromatic heterocycles. The maximum Gasteiger partial charge on any atom is 0.319 e. The summed E-state index contributed by atoms with van der Waals surface area (Å²) in [6.45, 7) is 4.22. The second-order valence-electron chi connectivity index (χ2n) is 4.67. The molecule has 0 saturated heterocycles. The van der Waals surface area contributed by atoms with E-state index in [0.29, 0.717) is 0 Å². The van der Waals surface area contributed by atoms with Crippen molar-refractivity contribution in [2.75, 3.05) is 11.9 Å². The molecular weight excluding hydrogens is 272 g/mol. The number of anilines is 1. The summed E-state index contributed by atoms with van der Waals surface area (Å²) in [4.78, 5) is 12.6. The second-order valence-corrected chi connectivity index (χ2v) is 5.64. The Balaban J connectivity index is 1.85. The first-order chi connectivity index (χ1) is 9.56. The molecule has 20 heavy (non-hydrogen) atoms. The minimum atomic E-state index is -0.666. The molecule has 2 aromatic rings. The number of amides is 2. The molecule has 5 heteroatoms. The molecule has 0 spiro atoms. The number of benzene rings is 1. The monoisotopic (exact) mass is 290 g/mol. The van der Waals surface area contributed by atoms with E-state index < -0.39 is 6.10 Å². The van der Waals surface area contributed by atoms with Crippen molar-refractivity contribution in [2.45, 2.75) is 20.0 Å². The van der Waals surface area contributed by atoms with Crippen molar-refractivity contribution in [3.8, 4) is 0 Å². The number of thiophene rings is 1. The standard InChI is InChI=1S/C15H18N2O2S/c1-10-5-6-12(8-11(10)2)17-15(19)16-9-13(18)14-4-3-7-20-14/h3-8,13,18H,9H2,1-2H3,(H2,16,17,19)/t13-/m1/s1. The van der Waals surface area contributed by atoms with E-state index in [1.165, 1.54) is 16.9 Å². The van der Waals surface area contributed by atoms with Gasteiger partial charge >= 0.3 is 6.03 Å². The molecule has 0 bridgehead atoms. The van der Waals surface area contributed by atoms with Crippen LogP contribution in [0.5, 0.6) is 0 Å². The molecule has 1 aromatic carbocycles. The lowest BCUT2D eigenvalue weighted by molar-refractivity contribution is 0.178. The average Bonchev–Trinajstić information content (AvgIpc) is 2.94. The SMILES string of the molecule is Cc1ccc(NC(=O)NC[C@@H](O)c2cccs2)cc1C. The van der Waals surface area contributed by atoms with Crippen molar-refractivity contribution in [3.05, 3.63) is 51.7 Å². The van der Waals surface area contributed by atoms with Gasteiger partial charge in [0.05, 0.1) is 6.54 Å². The molecule has 0 saturated carbocycles. The van der Waals surface area contributed by atoms with E-state index in [2.05, 4.69) is 10.6 Å². The molecule has 4 nitrogen and oxygen atoms in total. The highest BCUT2D eigenvalue weighted by molar-refractivity contribution is 7.10. The topological polar surface area (TPSA) is 61.4 Å². The van der Waals surface area contributed by atoms with Crippen molar-refractivity contribution in [1.82, 2.24) is 5.32 Å². The van der Waals surface area contributed by atoms with E-state index in [4.69, 9.17) is 0 Å². The highest BCUT2D eigenvalue weighted by Crippen LogP contribution is 2.18. The molecule has 0 aliphatic carbocycles. The third-order valence-electron chi connectivity index (χ3n) is 3.09. The van der Waals surface area contributed by atoms with E-state index in [1.54, 1.807) is 0 Å². The van der Waals surface area contributed by atoms with Crippen molar-refractivity contribution in [3.63, 3.8) is 0 Å². The third-order valence-corrected chi connectivity index (χ3v) is 4.07. The molecular formula is C15H18N2O2S. The summed E-state index contributed by atoms with van der Waals surface area (Å²) in [6, 6.07) is 9.15. The van der Waals surface area contributed by atoms with Crippen molar-refractivity contribution >= 4 is 23.1 Å². The van der Waals surface area contributed by atoms with Gasteiger partial charge in [-0.15, -0.1) is 11.3 Å². The summed E-state index contributed by atoms with van der Waals surface area (Å²) in [5.41, 5.74) is 3.06. The summed E-state index contributed by atoms with van der Waals surface area (Å²) < 4.78 is 0. The van der Waals surface area contributed by atoms with Crippen LogP contribution in [0, 0.1) is 13.8 Å². The van der Waals surface area contributed by atoms with Crippen molar-refractivity contribution < 1.29 is 9.90 Å². The zero-order valence-electron chi connectivity index (χ0n) is 11.5. The maximum atomic E-state index is 11.8. The molecule has 1 atom stereocenters. The molecule has 0 aliphatic heterocycles. The van der Waals surface area contributed by atoms with Gasteiger partial charge in [0.25, 0.3) is 0 Å². The maximum absolute atomic E-state index is 11.8. The van der Waals surface area contributed by atoms with E-state index >= 15 is 0 Å². The van der Waals surface area contributed by atoms with Gasteiger partial charge in [-0.05, 0) is 48.6 Å². The first-order valence-electron chi connectivity index (χ1n) is 6.40. The molecule has 3 N–H and O–H groups in total. The molecule has 0 aliphatic rings. The van der Waals surface area contributed by atoms with Gasteiger partial charge < -0.3 is 15.7 Å². The van der Waals surface area contributed by atoms with Crippen molar-refractivity contribution in [1.29, 1.82) is 0 Å². The van der Waals surface area contributed by atoms with Crippen LogP contribution in [0.15, 0.2) is 35.7 Å². The minimum Gasteiger partial charge on any atom is -0.386 e. The van der Waals surface area contributed by atoms with Crippen LogP contribution in [0.4, 0.5) is 10.5 Å². The lowest BCUT2D eigenvalue weighted by Gasteiger charge is -2.12. The Hall–Kier alpha value is -1.85. The Labute approximate surface area is 122 Å². The number of hydrogen-bond donors (Lipinski definition) is 3. The van der Waals surface area contributed by atoms with E-state index in [-0.39, 0.29) is 12.6 Å². The smallest absolute Gasteiger partial charge is 0.319 e. The first kappa shape index (κ1) is 14.6. The van der Waals surface area contributed by atoms with Gasteiger partial charge in [-0.1, -0.05) is 12.1 Å². The molecule has 1 heterocycles. The summed E-state index contributed by atoms with van der Waals surface area (Å²) in [7, 11) is 0. The van der Waals surface area contributed by atoms with Crippen LogP contribution in [-0.2, 0) is 0 Å². The average molecular weight is 290 g/mol. The summed E-state index contributed by atoms with van der Waals surface area (Å²) in [6.07, 6.45) is -0.666. The lowest BCUT2D eigenvalue weighted by Crippen LogP contribution is -2.32. The van der Waals surface area contributed by atoms with Crippen LogP contribution in [0.2, 0.25) is 0 Å². The van der Waals surface area contributed by atoms with Crippen molar-refractivity contribution in [2.24, 2.45) is 0 Å². The number of hydrogen-bond acceptors (Lipinski definition) is 3. The molecule has 106 valence electrons. The predicted octanol–water partition coefficient (Wildman–Crippen LogP) is 3.22. The number of rotatable bonds is 4. The minimum absolute atomic E-state index is 0.192. The molecule has 0 unspecified atom stereocenters. The number of aryl methyl sites for hydroxylation is 2. The number of carbonyl (C=O) groups is 1.